The predicted molar refractivity (Wildman–Crippen MR) is 68.7 cm³/mol. The number of rotatable bonds is 6. The Kier molecular flexibility index (Phi) is 5.51. The van der Waals surface area contributed by atoms with Crippen LogP contribution in [-0.4, -0.2) is 12.6 Å². The first-order valence-corrected chi connectivity index (χ1v) is 5.97. The molecule has 0 spiro atoms. The molecular formula is C14H20N2O. The lowest BCUT2D eigenvalue weighted by atomic mass is 10.2. The van der Waals surface area contributed by atoms with Crippen LogP contribution >= 0.6 is 0 Å². The smallest absolute Gasteiger partial charge is 0.120 e. The Morgan fingerprint density at radius 3 is 2.76 bits per heavy atom. The van der Waals surface area contributed by atoms with Gasteiger partial charge in [0.1, 0.15) is 5.75 Å². The Bertz CT molecular complexity index is 382. The van der Waals surface area contributed by atoms with Crippen LogP contribution in [0.15, 0.2) is 24.3 Å². The van der Waals surface area contributed by atoms with Crippen LogP contribution in [0.4, 0.5) is 0 Å². The maximum atomic E-state index is 8.67. The SMILES string of the molecule is CC(C#N)CNCc1cccc(OC(C)C)c1. The van der Waals surface area contributed by atoms with E-state index in [1.165, 1.54) is 5.56 Å². The molecule has 17 heavy (non-hydrogen) atoms. The molecule has 0 aromatic heterocycles. The first kappa shape index (κ1) is 13.5. The number of benzene rings is 1. The molecule has 0 bridgehead atoms. The molecule has 92 valence electrons. The zero-order valence-electron chi connectivity index (χ0n) is 10.7. The fourth-order valence-corrected chi connectivity index (χ4v) is 1.48. The third-order valence-electron chi connectivity index (χ3n) is 2.27. The molecule has 0 radical (unpaired) electrons. The summed E-state index contributed by atoms with van der Waals surface area (Å²) in [6.07, 6.45) is 0.192. The molecule has 1 rings (SSSR count). The van der Waals surface area contributed by atoms with E-state index in [1.54, 1.807) is 0 Å². The van der Waals surface area contributed by atoms with E-state index in [-0.39, 0.29) is 12.0 Å². The molecule has 0 saturated heterocycles. The third kappa shape index (κ3) is 5.37. The monoisotopic (exact) mass is 232 g/mol. The summed E-state index contributed by atoms with van der Waals surface area (Å²) in [6.45, 7) is 7.41. The lowest BCUT2D eigenvalue weighted by molar-refractivity contribution is 0.242. The van der Waals surface area contributed by atoms with Gasteiger partial charge in [0.05, 0.1) is 18.1 Å². The highest BCUT2D eigenvalue weighted by Gasteiger charge is 2.01. The Morgan fingerprint density at radius 2 is 2.12 bits per heavy atom. The van der Waals surface area contributed by atoms with E-state index in [4.69, 9.17) is 10.00 Å². The number of nitrogens with zero attached hydrogens (tertiary/aromatic N) is 1. The fourth-order valence-electron chi connectivity index (χ4n) is 1.48. The molecule has 0 saturated carbocycles. The average Bonchev–Trinajstić information content (AvgIpc) is 2.28. The summed E-state index contributed by atoms with van der Waals surface area (Å²) >= 11 is 0. The van der Waals surface area contributed by atoms with Gasteiger partial charge in [-0.1, -0.05) is 12.1 Å². The van der Waals surface area contributed by atoms with E-state index in [0.717, 1.165) is 12.3 Å². The van der Waals surface area contributed by atoms with E-state index in [2.05, 4.69) is 17.5 Å². The lowest BCUT2D eigenvalue weighted by Crippen LogP contribution is -2.19. The van der Waals surface area contributed by atoms with Gasteiger partial charge in [0.15, 0.2) is 0 Å². The van der Waals surface area contributed by atoms with Crippen LogP contribution in [0.3, 0.4) is 0 Å². The van der Waals surface area contributed by atoms with Crippen LogP contribution < -0.4 is 10.1 Å². The number of nitrogens with one attached hydrogen (secondary N) is 1. The number of nitriles is 1. The summed E-state index contributed by atoms with van der Waals surface area (Å²) in [5.41, 5.74) is 1.17. The third-order valence-corrected chi connectivity index (χ3v) is 2.27. The second-order valence-corrected chi connectivity index (χ2v) is 4.48. The molecule has 1 unspecified atom stereocenters. The lowest BCUT2D eigenvalue weighted by Gasteiger charge is -2.11. The summed E-state index contributed by atoms with van der Waals surface area (Å²) < 4.78 is 5.62. The summed E-state index contributed by atoms with van der Waals surface area (Å²) in [4.78, 5) is 0. The number of hydrogen-bond acceptors (Lipinski definition) is 3. The Hall–Kier alpha value is -1.53. The normalized spacial score (nSPS) is 12.2. The fraction of sp³-hybridized carbons (Fsp3) is 0.500. The zero-order chi connectivity index (χ0) is 12.7. The van der Waals surface area contributed by atoms with Crippen molar-refractivity contribution in [3.8, 4) is 11.8 Å². The second-order valence-electron chi connectivity index (χ2n) is 4.48. The van der Waals surface area contributed by atoms with Crippen LogP contribution in [0.2, 0.25) is 0 Å². The van der Waals surface area contributed by atoms with Crippen LogP contribution in [0.5, 0.6) is 5.75 Å². The molecule has 0 aliphatic heterocycles. The molecule has 1 aromatic rings. The average molecular weight is 232 g/mol. The minimum Gasteiger partial charge on any atom is -0.491 e. The van der Waals surface area contributed by atoms with E-state index >= 15 is 0 Å². The summed E-state index contributed by atoms with van der Waals surface area (Å²) in [5.74, 6) is 0.942. The van der Waals surface area contributed by atoms with Crippen molar-refractivity contribution in [2.24, 2.45) is 5.92 Å². The first-order chi connectivity index (χ1) is 8.11. The van der Waals surface area contributed by atoms with Gasteiger partial charge >= 0.3 is 0 Å². The minimum atomic E-state index is 0.0464. The Morgan fingerprint density at radius 1 is 1.35 bits per heavy atom. The van der Waals surface area contributed by atoms with Gasteiger partial charge in [-0.05, 0) is 38.5 Å². The van der Waals surface area contributed by atoms with Crippen molar-refractivity contribution in [1.29, 1.82) is 5.26 Å². The largest absolute Gasteiger partial charge is 0.491 e. The van der Waals surface area contributed by atoms with Crippen molar-refractivity contribution in [3.63, 3.8) is 0 Å². The zero-order valence-corrected chi connectivity index (χ0v) is 10.7. The molecule has 0 heterocycles. The van der Waals surface area contributed by atoms with Gasteiger partial charge in [0.2, 0.25) is 0 Å². The molecule has 0 aliphatic rings. The molecule has 1 atom stereocenters. The highest BCUT2D eigenvalue weighted by molar-refractivity contribution is 5.28. The van der Waals surface area contributed by atoms with Crippen molar-refractivity contribution in [3.05, 3.63) is 29.8 Å². The summed E-state index contributed by atoms with van der Waals surface area (Å²) in [6, 6.07) is 10.2. The van der Waals surface area contributed by atoms with E-state index in [0.29, 0.717) is 6.54 Å². The van der Waals surface area contributed by atoms with Crippen LogP contribution in [0.1, 0.15) is 26.3 Å². The second kappa shape index (κ2) is 6.93. The quantitative estimate of drug-likeness (QED) is 0.820. The molecule has 3 nitrogen and oxygen atoms in total. The molecular weight excluding hydrogens is 212 g/mol. The van der Waals surface area contributed by atoms with Gasteiger partial charge in [-0.3, -0.25) is 0 Å². The van der Waals surface area contributed by atoms with Gasteiger partial charge in [0.25, 0.3) is 0 Å². The standard InChI is InChI=1S/C14H20N2O/c1-11(2)17-14-6-4-5-13(7-14)10-16-9-12(3)8-15/h4-7,11-12,16H,9-10H2,1-3H3. The van der Waals surface area contributed by atoms with Gasteiger partial charge in [-0.2, -0.15) is 5.26 Å². The molecule has 0 fully saturated rings. The predicted octanol–water partition coefficient (Wildman–Crippen LogP) is 2.72. The molecule has 3 heteroatoms. The summed E-state index contributed by atoms with van der Waals surface area (Å²) in [7, 11) is 0. The molecule has 0 amide bonds. The Balaban J connectivity index is 2.46. The van der Waals surface area contributed by atoms with Crippen LogP contribution in [0, 0.1) is 17.2 Å². The topological polar surface area (TPSA) is 45.0 Å². The van der Waals surface area contributed by atoms with Crippen molar-refractivity contribution < 1.29 is 4.74 Å². The molecule has 1 N–H and O–H groups in total. The van der Waals surface area contributed by atoms with Crippen molar-refractivity contribution in [2.45, 2.75) is 33.4 Å². The van der Waals surface area contributed by atoms with Gasteiger partial charge in [-0.25, -0.2) is 0 Å². The molecule has 0 aliphatic carbocycles. The maximum Gasteiger partial charge on any atom is 0.120 e. The van der Waals surface area contributed by atoms with Crippen molar-refractivity contribution in [1.82, 2.24) is 5.32 Å². The Labute approximate surface area is 103 Å². The number of hydrogen-bond donors (Lipinski definition) is 1. The van der Waals surface area contributed by atoms with E-state index in [1.807, 2.05) is 39.0 Å². The van der Waals surface area contributed by atoms with Crippen molar-refractivity contribution in [2.75, 3.05) is 6.54 Å². The minimum absolute atomic E-state index is 0.0464. The van der Waals surface area contributed by atoms with Gasteiger partial charge in [-0.15, -0.1) is 0 Å². The van der Waals surface area contributed by atoms with Crippen molar-refractivity contribution >= 4 is 0 Å². The first-order valence-electron chi connectivity index (χ1n) is 5.97. The van der Waals surface area contributed by atoms with Gasteiger partial charge in [0, 0.05) is 13.1 Å². The molecule has 1 aromatic carbocycles. The van der Waals surface area contributed by atoms with E-state index in [9.17, 15) is 0 Å². The summed E-state index contributed by atoms with van der Waals surface area (Å²) in [5, 5.41) is 11.9. The van der Waals surface area contributed by atoms with E-state index < -0.39 is 0 Å². The van der Waals surface area contributed by atoms with Crippen LogP contribution in [0.25, 0.3) is 0 Å². The highest BCUT2D eigenvalue weighted by atomic mass is 16.5. The highest BCUT2D eigenvalue weighted by Crippen LogP contribution is 2.14. The van der Waals surface area contributed by atoms with Crippen LogP contribution in [-0.2, 0) is 6.54 Å². The maximum absolute atomic E-state index is 8.67. The number of ether oxygens (including phenoxy) is 1. The van der Waals surface area contributed by atoms with Gasteiger partial charge < -0.3 is 10.1 Å².